The molecule has 0 aliphatic heterocycles. The van der Waals surface area contributed by atoms with Gasteiger partial charge in [0.1, 0.15) is 5.01 Å². The van der Waals surface area contributed by atoms with Gasteiger partial charge in [0.2, 0.25) is 0 Å². The van der Waals surface area contributed by atoms with E-state index in [2.05, 4.69) is 47.4 Å². The highest BCUT2D eigenvalue weighted by molar-refractivity contribution is 7.18. The largest absolute Gasteiger partial charge is 0.325 e. The summed E-state index contributed by atoms with van der Waals surface area (Å²) in [4.78, 5) is 4.46. The summed E-state index contributed by atoms with van der Waals surface area (Å²) < 4.78 is 1.20. The molecule has 84 valence electrons. The summed E-state index contributed by atoms with van der Waals surface area (Å²) in [5.74, 6) is 0. The molecule has 0 saturated heterocycles. The Morgan fingerprint density at radius 3 is 2.59 bits per heavy atom. The van der Waals surface area contributed by atoms with Crippen molar-refractivity contribution in [1.29, 1.82) is 0 Å². The second-order valence-corrected chi connectivity index (χ2v) is 4.98. The minimum absolute atomic E-state index is 0.514. The predicted octanol–water partition coefficient (Wildman–Crippen LogP) is 3.42. The molecule has 0 saturated carbocycles. The zero-order chi connectivity index (χ0) is 11.7. The first kappa shape index (κ1) is 10.4. The van der Waals surface area contributed by atoms with E-state index < -0.39 is 0 Å². The fourth-order valence-electron chi connectivity index (χ4n) is 1.87. The summed E-state index contributed by atoms with van der Waals surface area (Å²) in [6.07, 6.45) is 0. The molecule has 1 aromatic heterocycles. The zero-order valence-corrected chi connectivity index (χ0v) is 10.1. The zero-order valence-electron chi connectivity index (χ0n) is 9.26. The Morgan fingerprint density at radius 1 is 1.00 bits per heavy atom. The number of benzene rings is 2. The highest BCUT2D eigenvalue weighted by Crippen LogP contribution is 2.27. The van der Waals surface area contributed by atoms with Crippen molar-refractivity contribution in [1.82, 2.24) is 4.98 Å². The van der Waals surface area contributed by atoms with Gasteiger partial charge in [0, 0.05) is 6.54 Å². The van der Waals surface area contributed by atoms with Gasteiger partial charge in [0.25, 0.3) is 0 Å². The van der Waals surface area contributed by atoms with Crippen LogP contribution in [0, 0.1) is 0 Å². The first-order valence-electron chi connectivity index (χ1n) is 5.52. The minimum Gasteiger partial charge on any atom is -0.325 e. The molecule has 17 heavy (non-hydrogen) atoms. The molecule has 2 aromatic carbocycles. The fraction of sp³-hybridized carbons (Fsp3) is 0.0714. The minimum atomic E-state index is 0.514. The van der Waals surface area contributed by atoms with Crippen molar-refractivity contribution in [3.8, 4) is 11.1 Å². The summed E-state index contributed by atoms with van der Waals surface area (Å²) in [5.41, 5.74) is 9.11. The number of aromatic nitrogens is 1. The molecule has 0 unspecified atom stereocenters. The highest BCUT2D eigenvalue weighted by atomic mass is 32.1. The second kappa shape index (κ2) is 4.28. The standard InChI is InChI=1S/C14H12N2S/c15-9-14-16-12-7-6-11(8-13(12)17-14)10-4-2-1-3-5-10/h1-8H,9,15H2. The maximum atomic E-state index is 5.61. The van der Waals surface area contributed by atoms with E-state index in [4.69, 9.17) is 5.73 Å². The molecule has 3 aromatic rings. The molecular formula is C14H12N2S. The number of fused-ring (bicyclic) bond motifs is 1. The molecule has 0 fully saturated rings. The van der Waals surface area contributed by atoms with Gasteiger partial charge in [-0.2, -0.15) is 0 Å². The maximum absolute atomic E-state index is 5.61. The Bertz CT molecular complexity index is 644. The molecule has 2 N–H and O–H groups in total. The Balaban J connectivity index is 2.13. The van der Waals surface area contributed by atoms with Crippen LogP contribution in [0.5, 0.6) is 0 Å². The van der Waals surface area contributed by atoms with Gasteiger partial charge in [0.15, 0.2) is 0 Å². The second-order valence-electron chi connectivity index (χ2n) is 3.86. The number of rotatable bonds is 2. The molecule has 1 heterocycles. The van der Waals surface area contributed by atoms with Gasteiger partial charge in [-0.1, -0.05) is 36.4 Å². The van der Waals surface area contributed by atoms with Crippen LogP contribution in [-0.4, -0.2) is 4.98 Å². The molecule has 0 spiro atoms. The van der Waals surface area contributed by atoms with Gasteiger partial charge >= 0.3 is 0 Å². The lowest BCUT2D eigenvalue weighted by molar-refractivity contribution is 1.05. The first-order chi connectivity index (χ1) is 8.36. The quantitative estimate of drug-likeness (QED) is 0.745. The van der Waals surface area contributed by atoms with Crippen LogP contribution in [0.1, 0.15) is 5.01 Å². The Labute approximate surface area is 104 Å². The lowest BCUT2D eigenvalue weighted by atomic mass is 10.1. The van der Waals surface area contributed by atoms with E-state index in [9.17, 15) is 0 Å². The summed E-state index contributed by atoms with van der Waals surface area (Å²) in [6, 6.07) is 16.7. The Kier molecular flexibility index (Phi) is 2.63. The van der Waals surface area contributed by atoms with E-state index >= 15 is 0 Å². The molecule has 0 radical (unpaired) electrons. The molecular weight excluding hydrogens is 228 g/mol. The van der Waals surface area contributed by atoms with Crippen molar-refractivity contribution in [2.24, 2.45) is 5.73 Å². The van der Waals surface area contributed by atoms with E-state index in [0.717, 1.165) is 10.5 Å². The first-order valence-corrected chi connectivity index (χ1v) is 6.33. The number of hydrogen-bond acceptors (Lipinski definition) is 3. The van der Waals surface area contributed by atoms with Crippen molar-refractivity contribution in [3.63, 3.8) is 0 Å². The number of nitrogens with two attached hydrogens (primary N) is 1. The Morgan fingerprint density at radius 2 is 1.82 bits per heavy atom. The van der Waals surface area contributed by atoms with Crippen LogP contribution in [-0.2, 0) is 6.54 Å². The molecule has 3 heteroatoms. The molecule has 0 aliphatic rings. The SMILES string of the molecule is NCc1nc2ccc(-c3ccccc3)cc2s1. The number of hydrogen-bond donors (Lipinski definition) is 1. The van der Waals surface area contributed by atoms with E-state index in [0.29, 0.717) is 6.54 Å². The number of nitrogens with zero attached hydrogens (tertiary/aromatic N) is 1. The monoisotopic (exact) mass is 240 g/mol. The third-order valence-electron chi connectivity index (χ3n) is 2.71. The average Bonchev–Trinajstić information content (AvgIpc) is 2.81. The maximum Gasteiger partial charge on any atom is 0.107 e. The average molecular weight is 240 g/mol. The normalized spacial score (nSPS) is 10.9. The summed E-state index contributed by atoms with van der Waals surface area (Å²) in [7, 11) is 0. The van der Waals surface area contributed by atoms with Gasteiger partial charge in [-0.3, -0.25) is 0 Å². The van der Waals surface area contributed by atoms with Crippen molar-refractivity contribution < 1.29 is 0 Å². The fourth-order valence-corrected chi connectivity index (χ4v) is 2.76. The smallest absolute Gasteiger partial charge is 0.107 e. The van der Waals surface area contributed by atoms with Crippen LogP contribution >= 0.6 is 11.3 Å². The van der Waals surface area contributed by atoms with E-state index in [-0.39, 0.29) is 0 Å². The van der Waals surface area contributed by atoms with Gasteiger partial charge in [-0.15, -0.1) is 11.3 Å². The van der Waals surface area contributed by atoms with E-state index in [1.807, 2.05) is 6.07 Å². The molecule has 0 atom stereocenters. The molecule has 0 amide bonds. The van der Waals surface area contributed by atoms with Crippen LogP contribution in [0.15, 0.2) is 48.5 Å². The molecule has 2 nitrogen and oxygen atoms in total. The van der Waals surface area contributed by atoms with Gasteiger partial charge in [-0.05, 0) is 23.3 Å². The van der Waals surface area contributed by atoms with Crippen LogP contribution < -0.4 is 5.73 Å². The summed E-state index contributed by atoms with van der Waals surface area (Å²) >= 11 is 1.67. The van der Waals surface area contributed by atoms with Crippen LogP contribution in [0.3, 0.4) is 0 Å². The third-order valence-corrected chi connectivity index (χ3v) is 3.75. The predicted molar refractivity (Wildman–Crippen MR) is 72.9 cm³/mol. The van der Waals surface area contributed by atoms with Crippen molar-refractivity contribution in [2.45, 2.75) is 6.54 Å². The lowest BCUT2D eigenvalue weighted by Gasteiger charge is -2.00. The van der Waals surface area contributed by atoms with Gasteiger partial charge in [0.05, 0.1) is 10.2 Å². The van der Waals surface area contributed by atoms with Gasteiger partial charge in [-0.25, -0.2) is 4.98 Å². The summed E-state index contributed by atoms with van der Waals surface area (Å²) in [6.45, 7) is 0.514. The van der Waals surface area contributed by atoms with E-state index in [1.165, 1.54) is 15.8 Å². The van der Waals surface area contributed by atoms with Crippen LogP contribution in [0.2, 0.25) is 0 Å². The number of thiazole rings is 1. The van der Waals surface area contributed by atoms with Crippen molar-refractivity contribution >= 4 is 21.6 Å². The van der Waals surface area contributed by atoms with Crippen LogP contribution in [0.4, 0.5) is 0 Å². The molecule has 0 aliphatic carbocycles. The lowest BCUT2D eigenvalue weighted by Crippen LogP contribution is -1.93. The molecule has 0 bridgehead atoms. The third kappa shape index (κ3) is 1.95. The highest BCUT2D eigenvalue weighted by Gasteiger charge is 2.04. The Hall–Kier alpha value is -1.71. The topological polar surface area (TPSA) is 38.9 Å². The van der Waals surface area contributed by atoms with E-state index in [1.54, 1.807) is 11.3 Å². The van der Waals surface area contributed by atoms with Crippen molar-refractivity contribution in [3.05, 3.63) is 53.5 Å². The van der Waals surface area contributed by atoms with Crippen molar-refractivity contribution in [2.75, 3.05) is 0 Å². The van der Waals surface area contributed by atoms with Gasteiger partial charge < -0.3 is 5.73 Å². The molecule has 3 rings (SSSR count). The summed E-state index contributed by atoms with van der Waals surface area (Å²) in [5, 5.41) is 0.991. The van der Waals surface area contributed by atoms with Crippen LogP contribution in [0.25, 0.3) is 21.3 Å².